The first-order chi connectivity index (χ1) is 18.3. The Morgan fingerprint density at radius 3 is 2.63 bits per heavy atom. The van der Waals surface area contributed by atoms with Crippen LogP contribution in [0.3, 0.4) is 0 Å². The topological polar surface area (TPSA) is 92.8 Å². The maximum absolute atomic E-state index is 12.9. The second kappa shape index (κ2) is 12.6. The molecule has 1 amide bonds. The molecule has 2 aromatic heterocycles. The molecule has 1 aliphatic rings. The van der Waals surface area contributed by atoms with Gasteiger partial charge in [0.1, 0.15) is 23.4 Å². The number of thiophene rings is 1. The number of fused-ring (bicyclic) bond motifs is 1. The Bertz CT molecular complexity index is 1310. The van der Waals surface area contributed by atoms with Crippen LogP contribution in [0.15, 0.2) is 42.1 Å². The van der Waals surface area contributed by atoms with Crippen LogP contribution in [-0.2, 0) is 36.2 Å². The summed E-state index contributed by atoms with van der Waals surface area (Å²) in [6, 6.07) is 10.4. The Morgan fingerprint density at radius 2 is 1.95 bits per heavy atom. The fourth-order valence-corrected chi connectivity index (χ4v) is 6.49. The number of nitrogens with zero attached hydrogens (tertiary/aromatic N) is 4. The van der Waals surface area contributed by atoms with Gasteiger partial charge >= 0.3 is 0 Å². The predicted molar refractivity (Wildman–Crippen MR) is 154 cm³/mol. The highest BCUT2D eigenvalue weighted by molar-refractivity contribution is 7.99. The lowest BCUT2D eigenvalue weighted by atomic mass is 9.87. The van der Waals surface area contributed by atoms with Crippen LogP contribution < -0.4 is 10.1 Å². The molecular formula is C29H35N5O2S2. The zero-order valence-corrected chi connectivity index (χ0v) is 24.0. The normalized spacial score (nSPS) is 13.6. The minimum Gasteiger partial charge on any atom is -0.486 e. The Labute approximate surface area is 233 Å². The molecule has 2 heterocycles. The van der Waals surface area contributed by atoms with Gasteiger partial charge in [0.05, 0.1) is 11.3 Å². The number of carbonyl (C=O) groups excluding carboxylic acids is 1. The number of aryl methyl sites for hydroxylation is 1. The Hall–Kier alpha value is -3.09. The van der Waals surface area contributed by atoms with Crippen molar-refractivity contribution in [3.63, 3.8) is 0 Å². The summed E-state index contributed by atoms with van der Waals surface area (Å²) >= 11 is 2.87. The number of amides is 1. The maximum Gasteiger partial charge on any atom is 0.235 e. The molecule has 200 valence electrons. The van der Waals surface area contributed by atoms with E-state index in [-0.39, 0.29) is 23.7 Å². The van der Waals surface area contributed by atoms with E-state index in [0.717, 1.165) is 37.0 Å². The second-order valence-corrected chi connectivity index (χ2v) is 12.5. The molecule has 1 aromatic carbocycles. The standard InChI is InChI=1S/C29H35N5O2S2/c1-5-16-34-25(18-36-21-14-12-20(13-15-21)29(2,3)4)32-33-28(34)37-19-26(35)31-27-23(17-30)22-10-8-6-7-9-11-24(22)38-27/h5,12-15H,1,6-11,16,18-19H2,2-4H3,(H,31,35). The van der Waals surface area contributed by atoms with Gasteiger partial charge in [-0.1, -0.05) is 63.6 Å². The van der Waals surface area contributed by atoms with Gasteiger partial charge in [-0.05, 0) is 54.4 Å². The van der Waals surface area contributed by atoms with Crippen molar-refractivity contribution in [2.45, 2.75) is 83.0 Å². The lowest BCUT2D eigenvalue weighted by molar-refractivity contribution is -0.113. The van der Waals surface area contributed by atoms with E-state index in [4.69, 9.17) is 4.74 Å². The van der Waals surface area contributed by atoms with Crippen molar-refractivity contribution < 1.29 is 9.53 Å². The zero-order chi connectivity index (χ0) is 27.1. The summed E-state index contributed by atoms with van der Waals surface area (Å²) in [4.78, 5) is 14.1. The highest BCUT2D eigenvalue weighted by Gasteiger charge is 2.21. The van der Waals surface area contributed by atoms with Gasteiger partial charge < -0.3 is 10.1 Å². The van der Waals surface area contributed by atoms with Gasteiger partial charge in [-0.15, -0.1) is 28.1 Å². The largest absolute Gasteiger partial charge is 0.486 e. The molecule has 0 atom stereocenters. The van der Waals surface area contributed by atoms with E-state index in [9.17, 15) is 10.1 Å². The van der Waals surface area contributed by atoms with Crippen LogP contribution >= 0.6 is 23.1 Å². The number of nitrogens with one attached hydrogen (secondary N) is 1. The van der Waals surface area contributed by atoms with Gasteiger partial charge in [0.15, 0.2) is 11.0 Å². The van der Waals surface area contributed by atoms with Crippen LogP contribution in [0, 0.1) is 11.3 Å². The fourth-order valence-electron chi connectivity index (χ4n) is 4.46. The van der Waals surface area contributed by atoms with E-state index < -0.39 is 0 Å². The van der Waals surface area contributed by atoms with Crippen LogP contribution in [0.5, 0.6) is 5.75 Å². The second-order valence-electron chi connectivity index (χ2n) is 10.4. The molecule has 1 N–H and O–H groups in total. The summed E-state index contributed by atoms with van der Waals surface area (Å²) in [5, 5.41) is 22.7. The van der Waals surface area contributed by atoms with Gasteiger partial charge in [-0.3, -0.25) is 9.36 Å². The third-order valence-electron chi connectivity index (χ3n) is 6.56. The zero-order valence-electron chi connectivity index (χ0n) is 22.4. The molecule has 0 bridgehead atoms. The van der Waals surface area contributed by atoms with Crippen molar-refractivity contribution in [2.24, 2.45) is 0 Å². The molecule has 9 heteroatoms. The van der Waals surface area contributed by atoms with Crippen molar-refractivity contribution in [1.82, 2.24) is 14.8 Å². The molecule has 0 fully saturated rings. The summed E-state index contributed by atoms with van der Waals surface area (Å²) < 4.78 is 7.88. The molecule has 0 saturated heterocycles. The quantitative estimate of drug-likeness (QED) is 0.237. The van der Waals surface area contributed by atoms with E-state index in [1.807, 2.05) is 16.7 Å². The molecule has 0 spiro atoms. The SMILES string of the molecule is C=CCn1c(COc2ccc(C(C)(C)C)cc2)nnc1SCC(=O)Nc1sc2c(c1C#N)CCCCCC2. The van der Waals surface area contributed by atoms with Crippen molar-refractivity contribution in [3.8, 4) is 11.8 Å². The molecular weight excluding hydrogens is 514 g/mol. The minimum absolute atomic E-state index is 0.0822. The van der Waals surface area contributed by atoms with Gasteiger partial charge in [-0.2, -0.15) is 5.26 Å². The van der Waals surface area contributed by atoms with E-state index in [0.29, 0.717) is 28.1 Å². The average Bonchev–Trinajstić information content (AvgIpc) is 3.40. The summed E-state index contributed by atoms with van der Waals surface area (Å²) in [6.45, 7) is 11.2. The highest BCUT2D eigenvalue weighted by atomic mass is 32.2. The van der Waals surface area contributed by atoms with Crippen molar-refractivity contribution in [1.29, 1.82) is 5.26 Å². The van der Waals surface area contributed by atoms with Gasteiger partial charge in [0, 0.05) is 11.4 Å². The first kappa shape index (κ1) is 27.9. The Morgan fingerprint density at radius 1 is 1.21 bits per heavy atom. The number of ether oxygens (including phenoxy) is 1. The number of thioether (sulfide) groups is 1. The van der Waals surface area contributed by atoms with Gasteiger partial charge in [0.2, 0.25) is 5.91 Å². The monoisotopic (exact) mass is 549 g/mol. The summed E-state index contributed by atoms with van der Waals surface area (Å²) in [5.41, 5.74) is 3.09. The molecule has 1 aliphatic carbocycles. The van der Waals surface area contributed by atoms with Crippen LogP contribution in [0.4, 0.5) is 5.00 Å². The summed E-state index contributed by atoms with van der Waals surface area (Å²) in [7, 11) is 0. The first-order valence-corrected chi connectivity index (χ1v) is 14.8. The molecule has 4 rings (SSSR count). The number of hydrogen-bond acceptors (Lipinski definition) is 7. The number of aromatic nitrogens is 3. The highest BCUT2D eigenvalue weighted by Crippen LogP contribution is 2.36. The van der Waals surface area contributed by atoms with Crippen LogP contribution in [0.1, 0.15) is 73.8 Å². The summed E-state index contributed by atoms with van der Waals surface area (Å²) in [6.07, 6.45) is 8.31. The smallest absolute Gasteiger partial charge is 0.235 e. The molecule has 38 heavy (non-hydrogen) atoms. The molecule has 0 unspecified atom stereocenters. The number of benzene rings is 1. The molecule has 0 saturated carbocycles. The van der Waals surface area contributed by atoms with Crippen LogP contribution in [0.2, 0.25) is 0 Å². The van der Waals surface area contributed by atoms with Gasteiger partial charge in [-0.25, -0.2) is 0 Å². The van der Waals surface area contributed by atoms with Crippen molar-refractivity contribution >= 4 is 34.0 Å². The van der Waals surface area contributed by atoms with Crippen molar-refractivity contribution in [2.75, 3.05) is 11.1 Å². The number of anilines is 1. The van der Waals surface area contributed by atoms with Crippen LogP contribution in [-0.4, -0.2) is 26.4 Å². The fraction of sp³-hybridized carbons (Fsp3) is 0.448. The van der Waals surface area contributed by atoms with Crippen molar-refractivity contribution in [3.05, 3.63) is 64.3 Å². The minimum atomic E-state index is -0.161. The van der Waals surface area contributed by atoms with E-state index in [1.54, 1.807) is 17.4 Å². The number of carbonyl (C=O) groups is 1. The van der Waals surface area contributed by atoms with E-state index in [2.05, 4.69) is 61.1 Å². The summed E-state index contributed by atoms with van der Waals surface area (Å²) in [5.74, 6) is 1.43. The Balaban J connectivity index is 1.38. The number of allylic oxidation sites excluding steroid dienone is 1. The van der Waals surface area contributed by atoms with E-state index in [1.165, 1.54) is 35.0 Å². The molecule has 7 nitrogen and oxygen atoms in total. The number of nitriles is 1. The number of rotatable bonds is 9. The molecule has 0 aliphatic heterocycles. The molecule has 3 aromatic rings. The van der Waals surface area contributed by atoms with Gasteiger partial charge in [0.25, 0.3) is 0 Å². The lowest BCUT2D eigenvalue weighted by Crippen LogP contribution is -2.15. The first-order valence-electron chi connectivity index (χ1n) is 13.0. The van der Waals surface area contributed by atoms with Crippen LogP contribution in [0.25, 0.3) is 0 Å². The predicted octanol–water partition coefficient (Wildman–Crippen LogP) is 6.66. The third-order valence-corrected chi connectivity index (χ3v) is 8.74. The lowest BCUT2D eigenvalue weighted by Gasteiger charge is -2.19. The maximum atomic E-state index is 12.9. The third kappa shape index (κ3) is 6.86. The number of hydrogen-bond donors (Lipinski definition) is 1. The molecule has 0 radical (unpaired) electrons. The Kier molecular flexibility index (Phi) is 9.29. The van der Waals surface area contributed by atoms with E-state index >= 15 is 0 Å². The average molecular weight is 550 g/mol.